The van der Waals surface area contributed by atoms with E-state index in [4.69, 9.17) is 15.0 Å². The fourth-order valence-corrected chi connectivity index (χ4v) is 0.698. The largest absolute Gasteiger partial charge is 0.530 e. The molecule has 0 atom stereocenters. The highest BCUT2D eigenvalue weighted by Gasteiger charge is 2.04. The summed E-state index contributed by atoms with van der Waals surface area (Å²) in [7, 11) is 6.49. The van der Waals surface area contributed by atoms with E-state index in [1.165, 1.54) is 0 Å². The van der Waals surface area contributed by atoms with Gasteiger partial charge in [-0.1, -0.05) is 0 Å². The average Bonchev–Trinajstić information content (AvgIpc) is 1.83. The second kappa shape index (κ2) is 10.6. The number of aliphatic hydroxyl groups excluding tert-OH is 1. The van der Waals surface area contributed by atoms with Gasteiger partial charge in [0.2, 0.25) is 0 Å². The number of primary amides is 1. The molecule has 1 amide bonds. The van der Waals surface area contributed by atoms with Gasteiger partial charge in [0.1, 0.15) is 6.09 Å². The first kappa shape index (κ1) is 19.1. The van der Waals surface area contributed by atoms with E-state index >= 15 is 0 Å². The van der Waals surface area contributed by atoms with Crippen molar-refractivity contribution in [2.75, 3.05) is 34.3 Å². The lowest BCUT2D eigenvalue weighted by atomic mass is 10.3. The van der Waals surface area contributed by atoms with E-state index < -0.39 is 6.09 Å². The van der Waals surface area contributed by atoms with Crippen molar-refractivity contribution in [1.29, 1.82) is 0 Å². The van der Waals surface area contributed by atoms with Crippen LogP contribution in [0.3, 0.4) is 0 Å². The number of hydrogen-bond acceptors (Lipinski definition) is 3. The molecule has 0 spiro atoms. The maximum absolute atomic E-state index is 8.67. The molecule has 0 aromatic carbocycles. The molecule has 0 rings (SSSR count). The molecule has 0 aliphatic carbocycles. The van der Waals surface area contributed by atoms with Crippen LogP contribution in [-0.2, 0) is 0 Å². The number of aliphatic hydroxyl groups is 1. The van der Waals surface area contributed by atoms with E-state index in [2.05, 4.69) is 26.9 Å². The summed E-state index contributed by atoms with van der Waals surface area (Å²) < 4.78 is 1.00. The van der Waals surface area contributed by atoms with Crippen LogP contribution in [0.2, 0.25) is 0 Å². The number of rotatable bonds is 4. The Balaban J connectivity index is -0.000000209. The van der Waals surface area contributed by atoms with Crippen molar-refractivity contribution in [2.24, 2.45) is 5.73 Å². The summed E-state index contributed by atoms with van der Waals surface area (Å²) in [6.07, 6.45) is 0.482. The Morgan fingerprint density at radius 3 is 1.93 bits per heavy atom. The second-order valence-corrected chi connectivity index (χ2v) is 3.76. The van der Waals surface area contributed by atoms with Crippen molar-refractivity contribution in [3.8, 4) is 0 Å². The summed E-state index contributed by atoms with van der Waals surface area (Å²) >= 11 is 0. The molecule has 3 N–H and O–H groups in total. The molecule has 0 saturated carbocycles. The summed E-state index contributed by atoms with van der Waals surface area (Å²) in [4.78, 5) is 8.67. The van der Waals surface area contributed by atoms with Crippen LogP contribution in [0.5, 0.6) is 0 Å². The molecule has 0 aromatic rings. The molecular formula is C8H21ClN2O3. The van der Waals surface area contributed by atoms with Gasteiger partial charge in [-0.3, -0.25) is 0 Å². The van der Waals surface area contributed by atoms with Gasteiger partial charge in [-0.15, -0.1) is 12.4 Å². The lowest BCUT2D eigenvalue weighted by molar-refractivity contribution is -0.870. The van der Waals surface area contributed by atoms with Crippen LogP contribution in [0, 0.1) is 0 Å². The highest BCUT2D eigenvalue weighted by atomic mass is 35.5. The Hall–Kier alpha value is -0.520. The number of hydrogen-bond donors (Lipinski definition) is 2. The van der Waals surface area contributed by atoms with Crippen LogP contribution in [0.15, 0.2) is 0 Å². The molecule has 0 saturated heterocycles. The SMILES string of the molecule is C[N+](C)(C)CCCCO.Cl.NC(=O)[O-]. The smallest absolute Gasteiger partial charge is 0.131 e. The lowest BCUT2D eigenvalue weighted by Gasteiger charge is -2.23. The number of nitrogens with two attached hydrogens (primary N) is 1. The maximum Gasteiger partial charge on any atom is 0.131 e. The van der Waals surface area contributed by atoms with Crippen molar-refractivity contribution in [3.05, 3.63) is 0 Å². The minimum Gasteiger partial charge on any atom is -0.530 e. The van der Waals surface area contributed by atoms with Gasteiger partial charge in [0.05, 0.1) is 27.7 Å². The Kier molecular flexibility index (Phi) is 14.4. The van der Waals surface area contributed by atoms with Gasteiger partial charge < -0.3 is 25.2 Å². The first-order chi connectivity index (χ1) is 5.79. The summed E-state index contributed by atoms with van der Waals surface area (Å²) in [6.45, 7) is 1.49. The van der Waals surface area contributed by atoms with E-state index in [1.54, 1.807) is 0 Å². The number of carboxylic acid groups (broad SMARTS) is 1. The number of halogens is 1. The number of carbonyl (C=O) groups is 1. The fourth-order valence-electron chi connectivity index (χ4n) is 0.698. The van der Waals surface area contributed by atoms with Crippen LogP contribution >= 0.6 is 12.4 Å². The minimum atomic E-state index is -1.58. The van der Waals surface area contributed by atoms with Crippen molar-refractivity contribution in [3.63, 3.8) is 0 Å². The maximum atomic E-state index is 8.67. The Labute approximate surface area is 91.5 Å². The zero-order valence-electron chi connectivity index (χ0n) is 9.02. The molecule has 0 unspecified atom stereocenters. The predicted molar refractivity (Wildman–Crippen MR) is 56.1 cm³/mol. The molecular weight excluding hydrogens is 208 g/mol. The lowest BCUT2D eigenvalue weighted by Crippen LogP contribution is -2.35. The van der Waals surface area contributed by atoms with Crippen LogP contribution in [-0.4, -0.2) is 50.0 Å². The summed E-state index contributed by atoms with van der Waals surface area (Å²) in [6, 6.07) is 0. The topological polar surface area (TPSA) is 86.4 Å². The third-order valence-corrected chi connectivity index (χ3v) is 1.24. The first-order valence-corrected chi connectivity index (χ1v) is 4.17. The molecule has 0 aromatic heterocycles. The van der Waals surface area contributed by atoms with E-state index in [-0.39, 0.29) is 12.4 Å². The molecule has 0 bridgehead atoms. The van der Waals surface area contributed by atoms with Gasteiger partial charge in [-0.2, -0.15) is 0 Å². The zero-order chi connectivity index (χ0) is 10.9. The molecule has 0 aliphatic rings. The van der Waals surface area contributed by atoms with Gasteiger partial charge >= 0.3 is 0 Å². The van der Waals surface area contributed by atoms with Crippen LogP contribution < -0.4 is 10.8 Å². The molecule has 88 valence electrons. The van der Waals surface area contributed by atoms with Crippen molar-refractivity contribution in [1.82, 2.24) is 0 Å². The van der Waals surface area contributed by atoms with Crippen molar-refractivity contribution in [2.45, 2.75) is 12.8 Å². The molecule has 5 nitrogen and oxygen atoms in total. The quantitative estimate of drug-likeness (QED) is 0.487. The Bertz CT molecular complexity index is 133. The fraction of sp³-hybridized carbons (Fsp3) is 0.875. The highest BCUT2D eigenvalue weighted by molar-refractivity contribution is 5.85. The normalized spacial score (nSPS) is 9.43. The van der Waals surface area contributed by atoms with Gasteiger partial charge in [0, 0.05) is 6.61 Å². The standard InChI is InChI=1S/C7H18NO.CH3NO2.ClH/c1-8(2,3)6-4-5-7-9;2-1(3)4;/h9H,4-7H2,1-3H3;2H2,(H,3,4);1H/q+1;;/p-1. The van der Waals surface area contributed by atoms with E-state index in [0.717, 1.165) is 23.9 Å². The van der Waals surface area contributed by atoms with E-state index in [9.17, 15) is 0 Å². The number of carbonyl (C=O) groups excluding carboxylic acids is 1. The molecule has 0 heterocycles. The number of quaternary nitrogens is 1. The molecule has 0 radical (unpaired) electrons. The number of unbranched alkanes of at least 4 members (excludes halogenated alkanes) is 1. The summed E-state index contributed by atoms with van der Waals surface area (Å²) in [5, 5.41) is 17.1. The molecule has 14 heavy (non-hydrogen) atoms. The predicted octanol–water partition coefficient (Wildman–Crippen LogP) is -0.825. The zero-order valence-corrected chi connectivity index (χ0v) is 9.84. The average molecular weight is 229 g/mol. The van der Waals surface area contributed by atoms with Gasteiger partial charge in [-0.25, -0.2) is 0 Å². The Morgan fingerprint density at radius 1 is 1.36 bits per heavy atom. The highest BCUT2D eigenvalue weighted by Crippen LogP contribution is 1.95. The van der Waals surface area contributed by atoms with E-state index in [0.29, 0.717) is 6.61 Å². The van der Waals surface area contributed by atoms with Crippen LogP contribution in [0.4, 0.5) is 4.79 Å². The Morgan fingerprint density at radius 2 is 1.71 bits per heavy atom. The second-order valence-electron chi connectivity index (χ2n) is 3.76. The van der Waals surface area contributed by atoms with E-state index in [1.807, 2.05) is 0 Å². The molecule has 0 fully saturated rings. The minimum absolute atomic E-state index is 0. The number of nitrogens with zero attached hydrogens (tertiary/aromatic N) is 1. The molecule has 0 aliphatic heterocycles. The van der Waals surface area contributed by atoms with Crippen LogP contribution in [0.1, 0.15) is 12.8 Å². The number of amides is 1. The third-order valence-electron chi connectivity index (χ3n) is 1.24. The first-order valence-electron chi connectivity index (χ1n) is 4.17. The summed E-state index contributed by atoms with van der Waals surface area (Å²) in [5.74, 6) is 0. The summed E-state index contributed by atoms with van der Waals surface area (Å²) in [5.41, 5.74) is 3.92. The van der Waals surface area contributed by atoms with Gasteiger partial charge in [0.25, 0.3) is 0 Å². The van der Waals surface area contributed by atoms with Crippen molar-refractivity contribution < 1.29 is 19.5 Å². The van der Waals surface area contributed by atoms with Gasteiger partial charge in [0.15, 0.2) is 0 Å². The van der Waals surface area contributed by atoms with Gasteiger partial charge in [-0.05, 0) is 12.8 Å². The molecule has 6 heteroatoms. The van der Waals surface area contributed by atoms with Crippen LogP contribution in [0.25, 0.3) is 0 Å². The third kappa shape index (κ3) is 42.0. The van der Waals surface area contributed by atoms with Crippen molar-refractivity contribution >= 4 is 18.5 Å². The monoisotopic (exact) mass is 228 g/mol.